The van der Waals surface area contributed by atoms with E-state index in [-0.39, 0.29) is 12.1 Å². The molecule has 0 radical (unpaired) electrons. The van der Waals surface area contributed by atoms with Crippen LogP contribution in [0.2, 0.25) is 0 Å². The van der Waals surface area contributed by atoms with E-state index in [9.17, 15) is 14.0 Å². The Bertz CT molecular complexity index is 698. The highest BCUT2D eigenvalue weighted by Crippen LogP contribution is 2.33. The minimum atomic E-state index is -0.610. The van der Waals surface area contributed by atoms with Gasteiger partial charge in [-0.05, 0) is 45.6 Å². The summed E-state index contributed by atoms with van der Waals surface area (Å²) in [7, 11) is 0. The summed E-state index contributed by atoms with van der Waals surface area (Å²) in [6.07, 6.45) is 0. The lowest BCUT2D eigenvalue weighted by molar-refractivity contribution is -0.114. The monoisotopic (exact) mass is 339 g/mol. The summed E-state index contributed by atoms with van der Waals surface area (Å²) >= 11 is 4.85. The number of hydrogen-bond acceptors (Lipinski definition) is 3. The first-order chi connectivity index (χ1) is 9.08. The predicted octanol–water partition coefficient (Wildman–Crippen LogP) is 3.38. The lowest BCUT2D eigenvalue weighted by Crippen LogP contribution is -2.28. The Kier molecular flexibility index (Phi) is 2.99. The molecule has 1 aromatic carbocycles. The summed E-state index contributed by atoms with van der Waals surface area (Å²) < 4.78 is 14.2. The van der Waals surface area contributed by atoms with E-state index in [1.807, 2.05) is 11.4 Å². The highest BCUT2D eigenvalue weighted by Gasteiger charge is 2.36. The molecule has 96 valence electrons. The summed E-state index contributed by atoms with van der Waals surface area (Å²) in [4.78, 5) is 26.0. The molecule has 0 unspecified atom stereocenters. The number of halogens is 2. The molecular formula is C13H7BrFNO2S. The van der Waals surface area contributed by atoms with Crippen LogP contribution in [0.15, 0.2) is 34.1 Å². The molecule has 3 rings (SSSR count). The molecule has 1 aromatic heterocycles. The van der Waals surface area contributed by atoms with E-state index in [1.165, 1.54) is 34.4 Å². The van der Waals surface area contributed by atoms with Crippen LogP contribution in [0.1, 0.15) is 15.2 Å². The van der Waals surface area contributed by atoms with E-state index >= 15 is 0 Å². The van der Waals surface area contributed by atoms with Crippen molar-refractivity contribution in [3.8, 4) is 0 Å². The molecule has 1 aliphatic heterocycles. The zero-order chi connectivity index (χ0) is 13.6. The van der Waals surface area contributed by atoms with Crippen LogP contribution in [0.5, 0.6) is 0 Å². The smallest absolute Gasteiger partial charge is 0.299 e. The van der Waals surface area contributed by atoms with Gasteiger partial charge in [-0.15, -0.1) is 11.3 Å². The number of carbonyl (C=O) groups is 2. The minimum Gasteiger partial charge on any atom is -0.299 e. The molecule has 0 fully saturated rings. The highest BCUT2D eigenvalue weighted by molar-refractivity contribution is 9.10. The van der Waals surface area contributed by atoms with Crippen molar-refractivity contribution in [1.29, 1.82) is 0 Å². The van der Waals surface area contributed by atoms with Gasteiger partial charge in [0.05, 0.1) is 17.8 Å². The zero-order valence-corrected chi connectivity index (χ0v) is 11.9. The highest BCUT2D eigenvalue weighted by atomic mass is 79.9. The third kappa shape index (κ3) is 2.01. The number of rotatable bonds is 2. The number of anilines is 1. The van der Waals surface area contributed by atoms with E-state index < -0.39 is 17.5 Å². The molecule has 2 aromatic rings. The van der Waals surface area contributed by atoms with Crippen LogP contribution in [0.25, 0.3) is 0 Å². The first-order valence-electron chi connectivity index (χ1n) is 5.45. The van der Waals surface area contributed by atoms with E-state index in [0.717, 1.165) is 9.35 Å². The fourth-order valence-electron chi connectivity index (χ4n) is 2.01. The normalized spacial score (nSPS) is 14.1. The van der Waals surface area contributed by atoms with Crippen LogP contribution in [-0.4, -0.2) is 11.7 Å². The second-order valence-corrected chi connectivity index (χ2v) is 5.93. The summed E-state index contributed by atoms with van der Waals surface area (Å²) in [6, 6.07) is 5.64. The van der Waals surface area contributed by atoms with Crippen molar-refractivity contribution in [1.82, 2.24) is 0 Å². The van der Waals surface area contributed by atoms with Gasteiger partial charge < -0.3 is 0 Å². The van der Waals surface area contributed by atoms with Crippen molar-refractivity contribution in [2.24, 2.45) is 0 Å². The van der Waals surface area contributed by atoms with Crippen molar-refractivity contribution in [2.75, 3.05) is 4.90 Å². The van der Waals surface area contributed by atoms with Crippen LogP contribution < -0.4 is 4.90 Å². The van der Waals surface area contributed by atoms with Crippen LogP contribution in [0.4, 0.5) is 10.1 Å². The Balaban J connectivity index is 2.04. The summed E-state index contributed by atoms with van der Waals surface area (Å²) in [6.45, 7) is 0.263. The molecule has 1 amide bonds. The zero-order valence-electron chi connectivity index (χ0n) is 9.52. The summed E-state index contributed by atoms with van der Waals surface area (Å²) in [5.74, 6) is -1.65. The molecule has 2 heterocycles. The van der Waals surface area contributed by atoms with Crippen LogP contribution in [0, 0.1) is 5.82 Å². The first-order valence-corrected chi connectivity index (χ1v) is 7.13. The molecular weight excluding hydrogens is 333 g/mol. The van der Waals surface area contributed by atoms with E-state index in [4.69, 9.17) is 0 Å². The van der Waals surface area contributed by atoms with Gasteiger partial charge in [0.1, 0.15) is 5.82 Å². The average molecular weight is 340 g/mol. The number of thiophene rings is 1. The van der Waals surface area contributed by atoms with E-state index in [2.05, 4.69) is 15.9 Å². The van der Waals surface area contributed by atoms with Crippen LogP contribution in [-0.2, 0) is 11.3 Å². The van der Waals surface area contributed by atoms with Crippen molar-refractivity contribution in [3.63, 3.8) is 0 Å². The molecule has 0 spiro atoms. The molecule has 1 aliphatic rings. The van der Waals surface area contributed by atoms with Crippen molar-refractivity contribution in [3.05, 3.63) is 50.4 Å². The second kappa shape index (κ2) is 4.54. The molecule has 0 aliphatic carbocycles. The second-order valence-electron chi connectivity index (χ2n) is 4.07. The number of hydrogen-bond donors (Lipinski definition) is 0. The van der Waals surface area contributed by atoms with Gasteiger partial charge in [-0.25, -0.2) is 4.39 Å². The molecule has 0 bridgehead atoms. The molecule has 3 nitrogen and oxygen atoms in total. The molecule has 6 heteroatoms. The maximum absolute atomic E-state index is 13.3. The van der Waals surface area contributed by atoms with Gasteiger partial charge in [0.25, 0.3) is 11.7 Å². The van der Waals surface area contributed by atoms with Gasteiger partial charge in [-0.2, -0.15) is 0 Å². The minimum absolute atomic E-state index is 0.263. The SMILES string of the molecule is O=C1C(=O)N(Cc2sccc2Br)c2cc(F)ccc21. The molecule has 0 atom stereocenters. The quantitative estimate of drug-likeness (QED) is 0.786. The van der Waals surface area contributed by atoms with Gasteiger partial charge >= 0.3 is 0 Å². The van der Waals surface area contributed by atoms with Crippen molar-refractivity contribution >= 4 is 44.6 Å². The summed E-state index contributed by atoms with van der Waals surface area (Å²) in [5, 5.41) is 1.88. The van der Waals surface area contributed by atoms with Crippen LogP contribution >= 0.6 is 27.3 Å². The number of ketones is 1. The topological polar surface area (TPSA) is 37.4 Å². The number of fused-ring (bicyclic) bond motifs is 1. The number of Topliss-reactive ketones (excluding diaryl/α,β-unsaturated/α-hetero) is 1. The number of benzene rings is 1. The maximum atomic E-state index is 13.3. The molecule has 0 saturated heterocycles. The Hall–Kier alpha value is -1.53. The first kappa shape index (κ1) is 12.5. The Morgan fingerprint density at radius 3 is 2.74 bits per heavy atom. The Morgan fingerprint density at radius 2 is 2.05 bits per heavy atom. The molecule has 0 N–H and O–H groups in total. The molecule has 19 heavy (non-hydrogen) atoms. The largest absolute Gasteiger partial charge is 0.299 e. The van der Waals surface area contributed by atoms with Gasteiger partial charge in [0.2, 0.25) is 0 Å². The molecule has 0 saturated carbocycles. The third-order valence-electron chi connectivity index (χ3n) is 2.93. The predicted molar refractivity (Wildman–Crippen MR) is 73.9 cm³/mol. The van der Waals surface area contributed by atoms with Gasteiger partial charge in [0.15, 0.2) is 0 Å². The number of nitrogens with zero attached hydrogens (tertiary/aromatic N) is 1. The average Bonchev–Trinajstić information content (AvgIpc) is 2.88. The third-order valence-corrected chi connectivity index (χ3v) is 4.84. The van der Waals surface area contributed by atoms with E-state index in [0.29, 0.717) is 5.69 Å². The lowest BCUT2D eigenvalue weighted by Gasteiger charge is -2.15. The van der Waals surface area contributed by atoms with Gasteiger partial charge in [-0.3, -0.25) is 14.5 Å². The van der Waals surface area contributed by atoms with Crippen molar-refractivity contribution < 1.29 is 14.0 Å². The van der Waals surface area contributed by atoms with Crippen molar-refractivity contribution in [2.45, 2.75) is 6.54 Å². The fourth-order valence-corrected chi connectivity index (χ4v) is 3.47. The fraction of sp³-hybridized carbons (Fsp3) is 0.0769. The number of carbonyl (C=O) groups excluding carboxylic acids is 2. The standard InChI is InChI=1S/C13H7BrFNO2S/c14-9-3-4-19-11(9)6-16-10-5-7(15)1-2-8(10)12(17)13(16)18/h1-5H,6H2. The maximum Gasteiger partial charge on any atom is 0.299 e. The Morgan fingerprint density at radius 1 is 1.26 bits per heavy atom. The Labute approximate surface area is 120 Å². The van der Waals surface area contributed by atoms with E-state index in [1.54, 1.807) is 0 Å². The lowest BCUT2D eigenvalue weighted by atomic mass is 10.1. The van der Waals surface area contributed by atoms with Crippen LogP contribution in [0.3, 0.4) is 0 Å². The number of amides is 1. The van der Waals surface area contributed by atoms with Gasteiger partial charge in [0, 0.05) is 9.35 Å². The van der Waals surface area contributed by atoms with Gasteiger partial charge in [-0.1, -0.05) is 0 Å². The summed E-state index contributed by atoms with van der Waals surface area (Å²) in [5.41, 5.74) is 0.606.